The molecule has 1 aromatic rings. The topological polar surface area (TPSA) is 49.6 Å². The lowest BCUT2D eigenvalue weighted by Gasteiger charge is -2.31. The number of amides is 1. The Morgan fingerprint density at radius 2 is 2.15 bits per heavy atom. The fourth-order valence-electron chi connectivity index (χ4n) is 2.97. The zero-order valence-corrected chi connectivity index (χ0v) is 12.2. The van der Waals surface area contributed by atoms with Crippen LogP contribution in [0.4, 0.5) is 0 Å². The first kappa shape index (κ1) is 13.6. The van der Waals surface area contributed by atoms with Crippen LogP contribution in [0.3, 0.4) is 0 Å². The van der Waals surface area contributed by atoms with Gasteiger partial charge in [-0.15, -0.1) is 0 Å². The van der Waals surface area contributed by atoms with E-state index in [1.807, 2.05) is 6.92 Å². The molecule has 2 heterocycles. The number of nitrogens with zero attached hydrogens (tertiary/aromatic N) is 3. The number of carbonyl (C=O) groups excluding carboxylic acids is 1. The molecule has 0 aromatic carbocycles. The molecule has 0 bridgehead atoms. The number of aromatic nitrogens is 1. The Hall–Kier alpha value is -1.36. The van der Waals surface area contributed by atoms with Crippen molar-refractivity contribution in [2.24, 2.45) is 5.92 Å². The van der Waals surface area contributed by atoms with Gasteiger partial charge >= 0.3 is 0 Å². The Morgan fingerprint density at radius 1 is 1.30 bits per heavy atom. The van der Waals surface area contributed by atoms with Crippen LogP contribution in [0.2, 0.25) is 0 Å². The Kier molecular flexibility index (Phi) is 4.05. The van der Waals surface area contributed by atoms with Crippen molar-refractivity contribution in [3.63, 3.8) is 0 Å². The van der Waals surface area contributed by atoms with E-state index in [0.717, 1.165) is 63.6 Å². The highest BCUT2D eigenvalue weighted by atomic mass is 16.3. The lowest BCUT2D eigenvalue weighted by molar-refractivity contribution is -0.138. The first-order valence-electron chi connectivity index (χ1n) is 7.64. The molecular formula is C15H23N3O2. The number of oxazole rings is 1. The van der Waals surface area contributed by atoms with E-state index in [9.17, 15) is 4.79 Å². The summed E-state index contributed by atoms with van der Waals surface area (Å²) in [7, 11) is 0. The molecule has 3 rings (SSSR count). The Morgan fingerprint density at radius 3 is 2.80 bits per heavy atom. The van der Waals surface area contributed by atoms with E-state index in [0.29, 0.717) is 11.8 Å². The van der Waals surface area contributed by atoms with Crippen LogP contribution in [0, 0.1) is 12.8 Å². The molecule has 5 nitrogen and oxygen atoms in total. The van der Waals surface area contributed by atoms with Crippen molar-refractivity contribution in [2.75, 3.05) is 26.2 Å². The minimum Gasteiger partial charge on any atom is -0.449 e. The van der Waals surface area contributed by atoms with Crippen molar-refractivity contribution in [2.45, 2.75) is 39.2 Å². The molecule has 0 spiro atoms. The van der Waals surface area contributed by atoms with Crippen molar-refractivity contribution >= 4 is 5.91 Å². The predicted molar refractivity (Wildman–Crippen MR) is 75.1 cm³/mol. The van der Waals surface area contributed by atoms with Crippen LogP contribution >= 0.6 is 0 Å². The highest BCUT2D eigenvalue weighted by Crippen LogP contribution is 2.28. The number of rotatable bonds is 3. The number of hydrogen-bond acceptors (Lipinski definition) is 4. The average Bonchev–Trinajstić information content (AvgIpc) is 2.62. The number of aryl methyl sites for hydroxylation is 1. The second-order valence-corrected chi connectivity index (χ2v) is 5.94. The molecule has 2 aliphatic rings. The molecule has 0 N–H and O–H groups in total. The van der Waals surface area contributed by atoms with Crippen LogP contribution in [0.25, 0.3) is 0 Å². The Balaban J connectivity index is 1.52. The van der Waals surface area contributed by atoms with Gasteiger partial charge in [0.15, 0.2) is 5.89 Å². The number of hydrogen-bond donors (Lipinski definition) is 0. The second-order valence-electron chi connectivity index (χ2n) is 5.94. The maximum atomic E-state index is 12.3. The molecule has 0 unspecified atom stereocenters. The lowest BCUT2D eigenvalue weighted by Crippen LogP contribution is -2.41. The smallest absolute Gasteiger partial charge is 0.225 e. The van der Waals surface area contributed by atoms with Gasteiger partial charge in [0, 0.05) is 45.6 Å². The molecule has 1 aromatic heterocycles. The van der Waals surface area contributed by atoms with Crippen molar-refractivity contribution < 1.29 is 9.21 Å². The maximum absolute atomic E-state index is 12.3. The van der Waals surface area contributed by atoms with E-state index in [4.69, 9.17) is 4.42 Å². The van der Waals surface area contributed by atoms with Gasteiger partial charge in [0.1, 0.15) is 6.26 Å². The molecule has 1 aliphatic heterocycles. The summed E-state index contributed by atoms with van der Waals surface area (Å²) in [4.78, 5) is 21.1. The average molecular weight is 277 g/mol. The van der Waals surface area contributed by atoms with E-state index < -0.39 is 0 Å². The fraction of sp³-hybridized carbons (Fsp3) is 0.733. The van der Waals surface area contributed by atoms with Gasteiger partial charge in [-0.1, -0.05) is 6.42 Å². The third kappa shape index (κ3) is 3.03. The van der Waals surface area contributed by atoms with E-state index in [1.54, 1.807) is 6.26 Å². The molecule has 1 saturated carbocycles. The summed E-state index contributed by atoms with van der Waals surface area (Å²) in [5.74, 6) is 1.42. The summed E-state index contributed by atoms with van der Waals surface area (Å²) < 4.78 is 5.25. The van der Waals surface area contributed by atoms with E-state index in [1.165, 1.54) is 6.42 Å². The van der Waals surface area contributed by atoms with Gasteiger partial charge in [-0.3, -0.25) is 9.69 Å². The van der Waals surface area contributed by atoms with Crippen molar-refractivity contribution in [3.05, 3.63) is 17.8 Å². The zero-order valence-electron chi connectivity index (χ0n) is 12.2. The van der Waals surface area contributed by atoms with Gasteiger partial charge in [-0.05, 0) is 19.3 Å². The predicted octanol–water partition coefficient (Wildman–Crippen LogP) is 1.82. The van der Waals surface area contributed by atoms with Gasteiger partial charge in [-0.25, -0.2) is 4.98 Å². The summed E-state index contributed by atoms with van der Waals surface area (Å²) in [5, 5.41) is 0. The number of carbonyl (C=O) groups is 1. The molecule has 5 heteroatoms. The lowest BCUT2D eigenvalue weighted by atomic mass is 9.84. The quantitative estimate of drug-likeness (QED) is 0.845. The molecular weight excluding hydrogens is 254 g/mol. The van der Waals surface area contributed by atoms with E-state index >= 15 is 0 Å². The maximum Gasteiger partial charge on any atom is 0.225 e. The monoisotopic (exact) mass is 277 g/mol. The summed E-state index contributed by atoms with van der Waals surface area (Å²) in [6, 6.07) is 0. The minimum absolute atomic E-state index is 0.319. The van der Waals surface area contributed by atoms with Gasteiger partial charge in [-0.2, -0.15) is 0 Å². The molecule has 0 atom stereocenters. The van der Waals surface area contributed by atoms with Gasteiger partial charge < -0.3 is 9.32 Å². The van der Waals surface area contributed by atoms with Crippen molar-refractivity contribution in [3.8, 4) is 0 Å². The van der Waals surface area contributed by atoms with Crippen LogP contribution in [-0.4, -0.2) is 46.9 Å². The SMILES string of the molecule is Cc1nc(CN2CCCN(C(=O)C3CCC3)CC2)co1. The molecule has 20 heavy (non-hydrogen) atoms. The zero-order chi connectivity index (χ0) is 13.9. The molecule has 1 aliphatic carbocycles. The molecule has 1 saturated heterocycles. The molecule has 2 fully saturated rings. The van der Waals surface area contributed by atoms with Crippen LogP contribution in [0.1, 0.15) is 37.3 Å². The van der Waals surface area contributed by atoms with Crippen LogP contribution < -0.4 is 0 Å². The van der Waals surface area contributed by atoms with Gasteiger partial charge in [0.2, 0.25) is 5.91 Å². The highest BCUT2D eigenvalue weighted by Gasteiger charge is 2.30. The summed E-state index contributed by atoms with van der Waals surface area (Å²) >= 11 is 0. The third-order valence-corrected chi connectivity index (χ3v) is 4.41. The third-order valence-electron chi connectivity index (χ3n) is 4.41. The molecule has 1 amide bonds. The van der Waals surface area contributed by atoms with Crippen molar-refractivity contribution in [1.29, 1.82) is 0 Å². The first-order chi connectivity index (χ1) is 9.72. The second kappa shape index (κ2) is 5.95. The standard InChI is InChI=1S/C15H23N3O2/c1-12-16-14(11-20-12)10-17-6-3-7-18(9-8-17)15(19)13-4-2-5-13/h11,13H,2-10H2,1H3. The highest BCUT2D eigenvalue weighted by molar-refractivity contribution is 5.79. The first-order valence-corrected chi connectivity index (χ1v) is 7.64. The molecule has 110 valence electrons. The Bertz CT molecular complexity index is 467. The van der Waals surface area contributed by atoms with E-state index in [2.05, 4.69) is 14.8 Å². The van der Waals surface area contributed by atoms with Crippen LogP contribution in [0.15, 0.2) is 10.7 Å². The molecule has 0 radical (unpaired) electrons. The van der Waals surface area contributed by atoms with Gasteiger partial charge in [0.25, 0.3) is 0 Å². The summed E-state index contributed by atoms with van der Waals surface area (Å²) in [6.45, 7) is 6.41. The normalized spacial score (nSPS) is 21.6. The van der Waals surface area contributed by atoms with Crippen LogP contribution in [-0.2, 0) is 11.3 Å². The summed E-state index contributed by atoms with van der Waals surface area (Å²) in [6.07, 6.45) is 6.20. The fourth-order valence-corrected chi connectivity index (χ4v) is 2.97. The summed E-state index contributed by atoms with van der Waals surface area (Å²) in [5.41, 5.74) is 0.987. The van der Waals surface area contributed by atoms with Crippen LogP contribution in [0.5, 0.6) is 0 Å². The van der Waals surface area contributed by atoms with Gasteiger partial charge in [0.05, 0.1) is 5.69 Å². The largest absolute Gasteiger partial charge is 0.449 e. The Labute approximate surface area is 119 Å². The minimum atomic E-state index is 0.319. The van der Waals surface area contributed by atoms with Crippen molar-refractivity contribution in [1.82, 2.24) is 14.8 Å². The van der Waals surface area contributed by atoms with E-state index in [-0.39, 0.29) is 0 Å².